The van der Waals surface area contributed by atoms with E-state index in [9.17, 15) is 8.96 Å². The Morgan fingerprint density at radius 2 is 1.54 bits per heavy atom. The molecule has 0 fully saturated rings. The lowest BCUT2D eigenvalue weighted by molar-refractivity contribution is 0.214. The van der Waals surface area contributed by atoms with Crippen molar-refractivity contribution in [2.24, 2.45) is 0 Å². The van der Waals surface area contributed by atoms with Crippen LogP contribution in [0, 0.1) is 12.7 Å². The molecule has 130 valence electrons. The highest BCUT2D eigenvalue weighted by atomic mass is 31.2. The standard InChI is InChI=1S/C18H23FNO3P/c1-4-22-24(21,23-5-2)18(15-8-10-16(19)11-9-15)20-17-12-6-14(3)7-13-17/h6-13,18,20H,4-5H2,1-3H3. The topological polar surface area (TPSA) is 47.6 Å². The molecule has 4 nitrogen and oxygen atoms in total. The molecule has 0 radical (unpaired) electrons. The number of benzene rings is 2. The maximum Gasteiger partial charge on any atom is 0.357 e. The van der Waals surface area contributed by atoms with Crippen LogP contribution < -0.4 is 5.32 Å². The van der Waals surface area contributed by atoms with Crippen LogP contribution in [0.1, 0.15) is 30.8 Å². The fourth-order valence-corrected chi connectivity index (χ4v) is 4.28. The molecule has 0 aromatic heterocycles. The van der Waals surface area contributed by atoms with E-state index in [0.29, 0.717) is 5.56 Å². The molecule has 0 amide bonds. The van der Waals surface area contributed by atoms with E-state index in [2.05, 4.69) is 5.32 Å². The second-order valence-corrected chi connectivity index (χ2v) is 7.45. The second kappa shape index (κ2) is 8.43. The van der Waals surface area contributed by atoms with E-state index in [4.69, 9.17) is 9.05 Å². The van der Waals surface area contributed by atoms with Crippen LogP contribution in [0.15, 0.2) is 48.5 Å². The molecule has 0 saturated heterocycles. The average Bonchev–Trinajstić information content (AvgIpc) is 2.56. The van der Waals surface area contributed by atoms with Crippen LogP contribution in [-0.2, 0) is 13.6 Å². The summed E-state index contributed by atoms with van der Waals surface area (Å²) in [4.78, 5) is 0. The zero-order chi connectivity index (χ0) is 17.6. The first-order chi connectivity index (χ1) is 11.5. The first-order valence-corrected chi connectivity index (χ1v) is 9.57. The molecule has 0 spiro atoms. The van der Waals surface area contributed by atoms with E-state index in [1.54, 1.807) is 26.0 Å². The first kappa shape index (κ1) is 18.7. The molecular weight excluding hydrogens is 328 g/mol. The molecule has 0 aliphatic carbocycles. The monoisotopic (exact) mass is 351 g/mol. The van der Waals surface area contributed by atoms with Crippen LogP contribution in [0.2, 0.25) is 0 Å². The molecular formula is C18H23FNO3P. The number of hydrogen-bond acceptors (Lipinski definition) is 4. The summed E-state index contributed by atoms with van der Waals surface area (Å²) < 4.78 is 37.5. The normalized spacial score (nSPS) is 12.8. The van der Waals surface area contributed by atoms with E-state index in [1.807, 2.05) is 31.2 Å². The predicted molar refractivity (Wildman–Crippen MR) is 94.8 cm³/mol. The number of hydrogen-bond donors (Lipinski definition) is 1. The first-order valence-electron chi connectivity index (χ1n) is 7.96. The van der Waals surface area contributed by atoms with Crippen LogP contribution in [0.5, 0.6) is 0 Å². The highest BCUT2D eigenvalue weighted by Gasteiger charge is 2.37. The molecule has 1 atom stereocenters. The van der Waals surface area contributed by atoms with Crippen LogP contribution in [-0.4, -0.2) is 13.2 Å². The van der Waals surface area contributed by atoms with Gasteiger partial charge in [0.05, 0.1) is 13.2 Å². The highest BCUT2D eigenvalue weighted by Crippen LogP contribution is 2.60. The third kappa shape index (κ3) is 4.67. The van der Waals surface area contributed by atoms with Gasteiger partial charge in [0.1, 0.15) is 5.82 Å². The van der Waals surface area contributed by atoms with Gasteiger partial charge in [-0.1, -0.05) is 29.8 Å². The second-order valence-electron chi connectivity index (χ2n) is 5.34. The molecule has 2 aromatic carbocycles. The molecule has 2 rings (SSSR count). The van der Waals surface area contributed by atoms with Crippen molar-refractivity contribution in [2.45, 2.75) is 26.6 Å². The Hall–Kier alpha value is -1.68. The zero-order valence-corrected chi connectivity index (χ0v) is 15.1. The summed E-state index contributed by atoms with van der Waals surface area (Å²) in [5.41, 5.74) is 2.55. The van der Waals surface area contributed by atoms with Crippen molar-refractivity contribution < 1.29 is 18.0 Å². The fourth-order valence-electron chi connectivity index (χ4n) is 2.34. The van der Waals surface area contributed by atoms with Gasteiger partial charge in [-0.05, 0) is 50.6 Å². The number of aryl methyl sites for hydroxylation is 1. The summed E-state index contributed by atoms with van der Waals surface area (Å²) in [5.74, 6) is -1.07. The fraction of sp³-hybridized carbons (Fsp3) is 0.333. The third-order valence-electron chi connectivity index (χ3n) is 3.48. The van der Waals surface area contributed by atoms with Gasteiger partial charge < -0.3 is 14.4 Å². The van der Waals surface area contributed by atoms with Crippen LogP contribution in [0.3, 0.4) is 0 Å². The van der Waals surface area contributed by atoms with E-state index >= 15 is 0 Å². The Morgan fingerprint density at radius 1 is 1.00 bits per heavy atom. The average molecular weight is 351 g/mol. The van der Waals surface area contributed by atoms with Crippen molar-refractivity contribution in [3.63, 3.8) is 0 Å². The van der Waals surface area contributed by atoms with Crippen molar-refractivity contribution in [3.05, 3.63) is 65.5 Å². The van der Waals surface area contributed by atoms with Gasteiger partial charge in [0.15, 0.2) is 5.78 Å². The van der Waals surface area contributed by atoms with E-state index in [-0.39, 0.29) is 19.0 Å². The van der Waals surface area contributed by atoms with E-state index < -0.39 is 13.4 Å². The minimum atomic E-state index is -3.48. The lowest BCUT2D eigenvalue weighted by Crippen LogP contribution is -2.15. The Bertz CT molecular complexity index is 678. The maximum absolute atomic E-state index is 13.3. The minimum Gasteiger partial charge on any atom is -0.368 e. The summed E-state index contributed by atoms with van der Waals surface area (Å²) in [5, 5.41) is 3.22. The van der Waals surface area contributed by atoms with Crippen LogP contribution >= 0.6 is 7.60 Å². The van der Waals surface area contributed by atoms with Gasteiger partial charge in [-0.3, -0.25) is 4.57 Å². The van der Waals surface area contributed by atoms with Gasteiger partial charge in [0.2, 0.25) is 0 Å². The van der Waals surface area contributed by atoms with Crippen LogP contribution in [0.25, 0.3) is 0 Å². The molecule has 24 heavy (non-hydrogen) atoms. The predicted octanol–water partition coefficient (Wildman–Crippen LogP) is 5.51. The maximum atomic E-state index is 13.3. The number of halogens is 1. The van der Waals surface area contributed by atoms with E-state index in [1.165, 1.54) is 12.1 Å². The summed E-state index contributed by atoms with van der Waals surface area (Å²) >= 11 is 0. The lowest BCUT2D eigenvalue weighted by Gasteiger charge is -2.28. The van der Waals surface area contributed by atoms with Crippen LogP contribution in [0.4, 0.5) is 10.1 Å². The number of anilines is 1. The minimum absolute atomic E-state index is 0.255. The summed E-state index contributed by atoms with van der Waals surface area (Å²) in [6.45, 7) is 6.03. The summed E-state index contributed by atoms with van der Waals surface area (Å²) in [7, 11) is -3.48. The SMILES string of the molecule is CCOP(=O)(OCC)C(Nc1ccc(C)cc1)c1ccc(F)cc1. The highest BCUT2D eigenvalue weighted by molar-refractivity contribution is 7.54. The van der Waals surface area contributed by atoms with Crippen molar-refractivity contribution in [3.8, 4) is 0 Å². The number of nitrogens with one attached hydrogen (secondary N) is 1. The van der Waals surface area contributed by atoms with Gasteiger partial charge >= 0.3 is 7.60 Å². The van der Waals surface area contributed by atoms with Crippen molar-refractivity contribution in [1.82, 2.24) is 0 Å². The van der Waals surface area contributed by atoms with Gasteiger partial charge in [-0.15, -0.1) is 0 Å². The molecule has 0 heterocycles. The van der Waals surface area contributed by atoms with Crippen molar-refractivity contribution in [1.29, 1.82) is 0 Å². The molecule has 1 N–H and O–H groups in total. The Morgan fingerprint density at radius 3 is 2.04 bits per heavy atom. The van der Waals surface area contributed by atoms with E-state index in [0.717, 1.165) is 11.3 Å². The van der Waals surface area contributed by atoms with Crippen molar-refractivity contribution in [2.75, 3.05) is 18.5 Å². The lowest BCUT2D eigenvalue weighted by atomic mass is 10.2. The summed E-state index contributed by atoms with van der Waals surface area (Å²) in [6, 6.07) is 13.6. The molecule has 0 aliphatic rings. The quantitative estimate of drug-likeness (QED) is 0.637. The zero-order valence-electron chi connectivity index (χ0n) is 14.2. The van der Waals surface area contributed by atoms with Gasteiger partial charge in [0, 0.05) is 5.69 Å². The van der Waals surface area contributed by atoms with Gasteiger partial charge in [-0.2, -0.15) is 0 Å². The van der Waals surface area contributed by atoms with Gasteiger partial charge in [-0.25, -0.2) is 4.39 Å². The molecule has 0 aliphatic heterocycles. The Labute approximate surface area is 142 Å². The Kier molecular flexibility index (Phi) is 6.55. The van der Waals surface area contributed by atoms with Gasteiger partial charge in [0.25, 0.3) is 0 Å². The molecule has 0 saturated carbocycles. The third-order valence-corrected chi connectivity index (χ3v) is 5.77. The molecule has 1 unspecified atom stereocenters. The summed E-state index contributed by atoms with van der Waals surface area (Å²) in [6.07, 6.45) is 0. The molecule has 0 bridgehead atoms. The molecule has 2 aromatic rings. The Balaban J connectivity index is 2.41. The largest absolute Gasteiger partial charge is 0.368 e. The molecule has 6 heteroatoms. The smallest absolute Gasteiger partial charge is 0.357 e. The number of rotatable bonds is 8. The van der Waals surface area contributed by atoms with Crippen molar-refractivity contribution >= 4 is 13.3 Å².